The zero-order valence-corrected chi connectivity index (χ0v) is 5.55. The number of carbonyl (C=O) groups excluding carboxylic acids is 1. The lowest BCUT2D eigenvalue weighted by atomic mass is 10.6. The topological polar surface area (TPSA) is 29.5 Å². The maximum Gasteiger partial charge on any atom is 0.410 e. The molecule has 0 aliphatic carbocycles. The molecule has 0 N–H and O–H groups in total. The maximum atomic E-state index is 10.5. The summed E-state index contributed by atoms with van der Waals surface area (Å²) < 4.78 is 4.36. The number of amides is 1. The molecule has 3 heteroatoms. The summed E-state index contributed by atoms with van der Waals surface area (Å²) in [4.78, 5) is 11.8. The highest BCUT2D eigenvalue weighted by molar-refractivity contribution is 5.67. The van der Waals surface area contributed by atoms with Gasteiger partial charge in [0, 0.05) is 7.05 Å². The van der Waals surface area contributed by atoms with E-state index in [4.69, 9.17) is 6.42 Å². The molecule has 0 spiro atoms. The first kappa shape index (κ1) is 7.83. The van der Waals surface area contributed by atoms with Gasteiger partial charge in [0.05, 0.1) is 13.7 Å². The van der Waals surface area contributed by atoms with Gasteiger partial charge in [0.15, 0.2) is 0 Å². The molecule has 0 aliphatic rings. The van der Waals surface area contributed by atoms with E-state index in [0.29, 0.717) is 0 Å². The summed E-state index contributed by atoms with van der Waals surface area (Å²) in [5.41, 5.74) is 0. The van der Waals surface area contributed by atoms with Crippen LogP contribution in [0.15, 0.2) is 0 Å². The van der Waals surface area contributed by atoms with Crippen LogP contribution in [0.25, 0.3) is 0 Å². The second-order valence-electron chi connectivity index (χ2n) is 1.53. The minimum absolute atomic E-state index is 0.284. The van der Waals surface area contributed by atoms with Crippen LogP contribution in [0.4, 0.5) is 4.79 Å². The van der Waals surface area contributed by atoms with Crippen molar-refractivity contribution in [3.05, 3.63) is 0 Å². The molecule has 0 heterocycles. The molecule has 0 rings (SSSR count). The van der Waals surface area contributed by atoms with Gasteiger partial charge >= 0.3 is 6.09 Å². The van der Waals surface area contributed by atoms with Crippen LogP contribution in [0.5, 0.6) is 0 Å². The molecule has 0 aromatic heterocycles. The Labute approximate surface area is 54.6 Å². The summed E-state index contributed by atoms with van der Waals surface area (Å²) in [6.07, 6.45) is 4.51. The molecular weight excluding hydrogens is 118 g/mol. The third kappa shape index (κ3) is 2.60. The standard InChI is InChI=1S/C6H9NO2/c1-4-5-7(2)6(8)9-3/h1H,5H2,2-3H3. The third-order valence-electron chi connectivity index (χ3n) is 0.815. The quantitative estimate of drug-likeness (QED) is 0.475. The second kappa shape index (κ2) is 3.79. The Morgan fingerprint density at radius 2 is 2.44 bits per heavy atom. The van der Waals surface area contributed by atoms with E-state index < -0.39 is 6.09 Å². The van der Waals surface area contributed by atoms with Crippen molar-refractivity contribution in [3.8, 4) is 12.3 Å². The van der Waals surface area contributed by atoms with E-state index in [1.807, 2.05) is 0 Å². The molecule has 50 valence electrons. The third-order valence-corrected chi connectivity index (χ3v) is 0.815. The maximum absolute atomic E-state index is 10.5. The number of hydrogen-bond acceptors (Lipinski definition) is 2. The lowest BCUT2D eigenvalue weighted by Crippen LogP contribution is -2.26. The van der Waals surface area contributed by atoms with Gasteiger partial charge in [-0.2, -0.15) is 0 Å². The van der Waals surface area contributed by atoms with Gasteiger partial charge in [-0.1, -0.05) is 5.92 Å². The van der Waals surface area contributed by atoms with Crippen molar-refractivity contribution in [3.63, 3.8) is 0 Å². The predicted octanol–water partition coefficient (Wildman–Crippen LogP) is 0.318. The molecular formula is C6H9NO2. The Balaban J connectivity index is 3.62. The average Bonchev–Trinajstić information content (AvgIpc) is 1.87. The molecule has 9 heavy (non-hydrogen) atoms. The molecule has 0 aliphatic heterocycles. The number of hydrogen-bond donors (Lipinski definition) is 0. The van der Waals surface area contributed by atoms with Gasteiger partial charge in [-0.25, -0.2) is 4.79 Å². The molecule has 1 amide bonds. The molecule has 0 aromatic rings. The van der Waals surface area contributed by atoms with Gasteiger partial charge in [0.1, 0.15) is 0 Å². The second-order valence-corrected chi connectivity index (χ2v) is 1.53. The normalized spacial score (nSPS) is 7.67. The zero-order chi connectivity index (χ0) is 7.28. The van der Waals surface area contributed by atoms with Crippen molar-refractivity contribution >= 4 is 6.09 Å². The fourth-order valence-electron chi connectivity index (χ4n) is 0.357. The number of ether oxygens (including phenoxy) is 1. The van der Waals surface area contributed by atoms with Gasteiger partial charge in [0.2, 0.25) is 0 Å². The fraction of sp³-hybridized carbons (Fsp3) is 0.500. The van der Waals surface area contributed by atoms with E-state index >= 15 is 0 Å². The van der Waals surface area contributed by atoms with E-state index in [-0.39, 0.29) is 6.54 Å². The van der Waals surface area contributed by atoms with Crippen LogP contribution < -0.4 is 0 Å². The highest BCUT2D eigenvalue weighted by atomic mass is 16.5. The number of methoxy groups -OCH3 is 1. The minimum atomic E-state index is -0.409. The van der Waals surface area contributed by atoms with Crippen LogP contribution in [0.2, 0.25) is 0 Å². The van der Waals surface area contributed by atoms with Crippen LogP contribution in [0.3, 0.4) is 0 Å². The van der Waals surface area contributed by atoms with Crippen LogP contribution in [0, 0.1) is 12.3 Å². The van der Waals surface area contributed by atoms with E-state index in [2.05, 4.69) is 10.7 Å². The molecule has 0 aromatic carbocycles. The van der Waals surface area contributed by atoms with Crippen molar-refractivity contribution in [2.45, 2.75) is 0 Å². The van der Waals surface area contributed by atoms with Crippen LogP contribution >= 0.6 is 0 Å². The summed E-state index contributed by atoms with van der Waals surface area (Å²) in [6, 6.07) is 0. The summed E-state index contributed by atoms with van der Waals surface area (Å²) in [7, 11) is 2.89. The van der Waals surface area contributed by atoms with Gasteiger partial charge < -0.3 is 9.64 Å². The van der Waals surface area contributed by atoms with Gasteiger partial charge in [-0.15, -0.1) is 6.42 Å². The van der Waals surface area contributed by atoms with Crippen LogP contribution in [-0.4, -0.2) is 31.7 Å². The molecule has 0 bridgehead atoms. The summed E-state index contributed by atoms with van der Waals surface area (Å²) in [6.45, 7) is 0.284. The number of rotatable bonds is 1. The molecule has 0 unspecified atom stereocenters. The fourth-order valence-corrected chi connectivity index (χ4v) is 0.357. The Morgan fingerprint density at radius 1 is 1.89 bits per heavy atom. The lowest BCUT2D eigenvalue weighted by molar-refractivity contribution is 0.138. The first-order valence-electron chi connectivity index (χ1n) is 2.45. The van der Waals surface area contributed by atoms with Crippen LogP contribution in [0.1, 0.15) is 0 Å². The average molecular weight is 127 g/mol. The summed E-state index contributed by atoms with van der Waals surface area (Å²) in [5.74, 6) is 2.31. The minimum Gasteiger partial charge on any atom is -0.453 e. The number of carbonyl (C=O) groups is 1. The first-order valence-corrected chi connectivity index (χ1v) is 2.45. The van der Waals surface area contributed by atoms with Gasteiger partial charge in [0.25, 0.3) is 0 Å². The Morgan fingerprint density at radius 3 is 2.78 bits per heavy atom. The van der Waals surface area contributed by atoms with Crippen molar-refractivity contribution in [1.82, 2.24) is 4.90 Å². The van der Waals surface area contributed by atoms with E-state index in [9.17, 15) is 4.79 Å². The molecule has 0 saturated heterocycles. The smallest absolute Gasteiger partial charge is 0.410 e. The Hall–Kier alpha value is -1.17. The lowest BCUT2D eigenvalue weighted by Gasteiger charge is -2.10. The molecule has 0 radical (unpaired) electrons. The highest BCUT2D eigenvalue weighted by Gasteiger charge is 2.03. The Bertz CT molecular complexity index is 136. The van der Waals surface area contributed by atoms with E-state index in [0.717, 1.165) is 0 Å². The molecule has 3 nitrogen and oxygen atoms in total. The van der Waals surface area contributed by atoms with Crippen molar-refractivity contribution in [1.29, 1.82) is 0 Å². The van der Waals surface area contributed by atoms with Crippen LogP contribution in [-0.2, 0) is 4.74 Å². The molecule has 0 fully saturated rings. The summed E-state index contributed by atoms with van der Waals surface area (Å²) >= 11 is 0. The number of terminal acetylenes is 1. The van der Waals surface area contributed by atoms with Crippen molar-refractivity contribution in [2.24, 2.45) is 0 Å². The predicted molar refractivity (Wildman–Crippen MR) is 33.9 cm³/mol. The summed E-state index contributed by atoms with van der Waals surface area (Å²) in [5, 5.41) is 0. The van der Waals surface area contributed by atoms with Gasteiger partial charge in [-0.3, -0.25) is 0 Å². The molecule has 0 saturated carbocycles. The largest absolute Gasteiger partial charge is 0.453 e. The van der Waals surface area contributed by atoms with E-state index in [1.54, 1.807) is 7.05 Å². The molecule has 0 atom stereocenters. The monoisotopic (exact) mass is 127 g/mol. The van der Waals surface area contributed by atoms with Crippen molar-refractivity contribution < 1.29 is 9.53 Å². The Kier molecular flexibility index (Phi) is 3.29. The highest BCUT2D eigenvalue weighted by Crippen LogP contribution is 1.84. The first-order chi connectivity index (χ1) is 4.22. The van der Waals surface area contributed by atoms with Crippen molar-refractivity contribution in [2.75, 3.05) is 20.7 Å². The SMILES string of the molecule is C#CCN(C)C(=O)OC. The number of nitrogens with zero attached hydrogens (tertiary/aromatic N) is 1. The van der Waals surface area contributed by atoms with Gasteiger partial charge in [-0.05, 0) is 0 Å². The van der Waals surface area contributed by atoms with E-state index in [1.165, 1.54) is 12.0 Å². The zero-order valence-electron chi connectivity index (χ0n) is 5.55.